The van der Waals surface area contributed by atoms with E-state index in [2.05, 4.69) is 11.8 Å². The lowest BCUT2D eigenvalue weighted by Gasteiger charge is -2.26. The van der Waals surface area contributed by atoms with Gasteiger partial charge in [0.25, 0.3) is 0 Å². The van der Waals surface area contributed by atoms with Crippen LogP contribution in [0.4, 0.5) is 4.79 Å². The maximum atomic E-state index is 11.3. The van der Waals surface area contributed by atoms with Crippen LogP contribution in [0.25, 0.3) is 0 Å². The Hall–Kier alpha value is -0.810. The van der Waals surface area contributed by atoms with Gasteiger partial charge in [-0.15, -0.1) is 0 Å². The molecule has 1 rings (SSSR count). The summed E-state index contributed by atoms with van der Waals surface area (Å²) < 4.78 is 0. The molecule has 0 aromatic heterocycles. The molecule has 5 nitrogen and oxygen atoms in total. The van der Waals surface area contributed by atoms with E-state index in [4.69, 9.17) is 10.6 Å². The van der Waals surface area contributed by atoms with Crippen LogP contribution in [0, 0.1) is 0 Å². The maximum Gasteiger partial charge on any atom is 0.338 e. The Morgan fingerprint density at radius 3 is 2.55 bits per heavy atom. The van der Waals surface area contributed by atoms with Gasteiger partial charge < -0.3 is 10.6 Å². The number of urea groups is 1. The minimum Gasteiger partial charge on any atom is -0.350 e. The van der Waals surface area contributed by atoms with Crippen molar-refractivity contribution in [1.29, 1.82) is 0 Å². The molecule has 1 fully saturated rings. The average Bonchev–Trinajstić information content (AvgIpc) is 2.46. The third kappa shape index (κ3) is 7.70. The molecule has 0 unspecified atom stereocenters. The number of hydroxylamine groups is 2. The highest BCUT2D eigenvalue weighted by Gasteiger charge is 2.12. The first-order valence-corrected chi connectivity index (χ1v) is 8.16. The lowest BCUT2D eigenvalue weighted by Crippen LogP contribution is -2.37. The van der Waals surface area contributed by atoms with E-state index in [1.165, 1.54) is 50.3 Å². The van der Waals surface area contributed by atoms with E-state index < -0.39 is 6.03 Å². The first-order chi connectivity index (χ1) is 9.74. The first-order valence-electron chi connectivity index (χ1n) is 8.16. The Morgan fingerprint density at radius 1 is 1.15 bits per heavy atom. The van der Waals surface area contributed by atoms with Crippen LogP contribution in [-0.4, -0.2) is 48.8 Å². The molecule has 0 aliphatic carbocycles. The number of hydrogen-bond acceptors (Lipinski definition) is 3. The predicted molar refractivity (Wildman–Crippen MR) is 81.3 cm³/mol. The largest absolute Gasteiger partial charge is 0.350 e. The molecule has 1 aliphatic heterocycles. The fourth-order valence-electron chi connectivity index (χ4n) is 2.57. The average molecular weight is 285 g/mol. The highest BCUT2D eigenvalue weighted by atomic mass is 16.7. The molecule has 0 saturated carbocycles. The van der Waals surface area contributed by atoms with Crippen LogP contribution in [0.1, 0.15) is 58.3 Å². The van der Waals surface area contributed by atoms with Crippen molar-refractivity contribution in [3.8, 4) is 0 Å². The van der Waals surface area contributed by atoms with Gasteiger partial charge in [0.2, 0.25) is 0 Å². The summed E-state index contributed by atoms with van der Waals surface area (Å²) in [4.78, 5) is 19.3. The van der Waals surface area contributed by atoms with E-state index in [0.29, 0.717) is 13.2 Å². The van der Waals surface area contributed by atoms with Crippen molar-refractivity contribution in [2.24, 2.45) is 5.73 Å². The van der Waals surface area contributed by atoms with Gasteiger partial charge in [-0.2, -0.15) is 0 Å². The number of unbranched alkanes of at least 4 members (excludes halogenated alkanes) is 3. The van der Waals surface area contributed by atoms with Crippen LogP contribution >= 0.6 is 0 Å². The first kappa shape index (κ1) is 17.2. The molecular formula is C15H31N3O2. The Kier molecular flexibility index (Phi) is 9.41. The van der Waals surface area contributed by atoms with Gasteiger partial charge in [0, 0.05) is 6.54 Å². The van der Waals surface area contributed by atoms with Gasteiger partial charge in [0.05, 0.1) is 13.2 Å². The summed E-state index contributed by atoms with van der Waals surface area (Å²) in [7, 11) is 0. The molecule has 1 heterocycles. The third-order valence-corrected chi connectivity index (χ3v) is 3.78. The molecule has 1 saturated heterocycles. The topological polar surface area (TPSA) is 58.8 Å². The molecular weight excluding hydrogens is 254 g/mol. The number of primary amides is 1. The third-order valence-electron chi connectivity index (χ3n) is 3.78. The van der Waals surface area contributed by atoms with Crippen molar-refractivity contribution in [3.63, 3.8) is 0 Å². The van der Waals surface area contributed by atoms with Gasteiger partial charge in [-0.25, -0.2) is 9.86 Å². The summed E-state index contributed by atoms with van der Waals surface area (Å²) in [5.74, 6) is 0. The molecule has 20 heavy (non-hydrogen) atoms. The number of nitrogens with two attached hydrogens (primary N) is 1. The summed E-state index contributed by atoms with van der Waals surface area (Å²) in [5, 5.41) is 1.33. The van der Waals surface area contributed by atoms with Crippen molar-refractivity contribution < 1.29 is 9.63 Å². The lowest BCUT2D eigenvalue weighted by molar-refractivity contribution is -0.117. The second-order valence-electron chi connectivity index (χ2n) is 5.59. The Morgan fingerprint density at radius 2 is 1.90 bits per heavy atom. The van der Waals surface area contributed by atoms with Gasteiger partial charge in [0.1, 0.15) is 0 Å². The highest BCUT2D eigenvalue weighted by molar-refractivity contribution is 5.70. The predicted octanol–water partition coefficient (Wildman–Crippen LogP) is 2.76. The SMILES string of the molecule is CCCCCCN(OCCCN1CCCCC1)C(N)=O. The van der Waals surface area contributed by atoms with Crippen molar-refractivity contribution >= 4 is 6.03 Å². The maximum absolute atomic E-state index is 11.3. The van der Waals surface area contributed by atoms with Gasteiger partial charge >= 0.3 is 6.03 Å². The fourth-order valence-corrected chi connectivity index (χ4v) is 2.57. The highest BCUT2D eigenvalue weighted by Crippen LogP contribution is 2.09. The van der Waals surface area contributed by atoms with E-state index >= 15 is 0 Å². The minimum atomic E-state index is -0.473. The standard InChI is InChI=1S/C15H31N3O2/c1-2-3-4-8-13-18(15(16)19)20-14-9-12-17-10-6-5-7-11-17/h2-14H2,1H3,(H2,16,19). The van der Waals surface area contributed by atoms with E-state index in [0.717, 1.165) is 25.8 Å². The molecule has 118 valence electrons. The molecule has 0 bridgehead atoms. The molecule has 0 spiro atoms. The number of amides is 2. The summed E-state index contributed by atoms with van der Waals surface area (Å²) in [6, 6.07) is -0.473. The summed E-state index contributed by atoms with van der Waals surface area (Å²) in [6.45, 7) is 6.82. The number of rotatable bonds is 10. The van der Waals surface area contributed by atoms with Gasteiger partial charge in [-0.1, -0.05) is 32.6 Å². The van der Waals surface area contributed by atoms with Gasteiger partial charge in [-0.05, 0) is 38.8 Å². The number of carbonyl (C=O) groups is 1. The Balaban J connectivity index is 2.07. The molecule has 0 aromatic rings. The smallest absolute Gasteiger partial charge is 0.338 e. The van der Waals surface area contributed by atoms with Crippen molar-refractivity contribution in [3.05, 3.63) is 0 Å². The molecule has 0 atom stereocenters. The summed E-state index contributed by atoms with van der Waals surface area (Å²) in [6.07, 6.45) is 9.41. The number of likely N-dealkylation sites (tertiary alicyclic amines) is 1. The Bertz CT molecular complexity index is 256. The van der Waals surface area contributed by atoms with Crippen LogP contribution in [0.3, 0.4) is 0 Å². The van der Waals surface area contributed by atoms with Crippen LogP contribution < -0.4 is 5.73 Å². The summed E-state index contributed by atoms with van der Waals surface area (Å²) in [5.41, 5.74) is 5.33. The van der Waals surface area contributed by atoms with E-state index in [9.17, 15) is 4.79 Å². The lowest BCUT2D eigenvalue weighted by atomic mass is 10.1. The molecule has 5 heteroatoms. The zero-order valence-electron chi connectivity index (χ0n) is 13.0. The quantitative estimate of drug-likeness (QED) is 0.496. The van der Waals surface area contributed by atoms with Gasteiger partial charge in [0.15, 0.2) is 0 Å². The van der Waals surface area contributed by atoms with Crippen LogP contribution in [0.5, 0.6) is 0 Å². The number of carbonyl (C=O) groups excluding carboxylic acids is 1. The van der Waals surface area contributed by atoms with Crippen LogP contribution in [-0.2, 0) is 4.84 Å². The molecule has 2 N–H and O–H groups in total. The van der Waals surface area contributed by atoms with E-state index in [1.807, 2.05) is 0 Å². The zero-order valence-corrected chi connectivity index (χ0v) is 13.0. The monoisotopic (exact) mass is 285 g/mol. The number of nitrogens with zero attached hydrogens (tertiary/aromatic N) is 2. The molecule has 0 radical (unpaired) electrons. The normalized spacial score (nSPS) is 16.2. The fraction of sp³-hybridized carbons (Fsp3) is 0.933. The molecule has 0 aromatic carbocycles. The number of hydrogen-bond donors (Lipinski definition) is 1. The number of piperidine rings is 1. The summed E-state index contributed by atoms with van der Waals surface area (Å²) >= 11 is 0. The van der Waals surface area contributed by atoms with Crippen molar-refractivity contribution in [1.82, 2.24) is 9.96 Å². The minimum absolute atomic E-state index is 0.473. The zero-order chi connectivity index (χ0) is 14.6. The van der Waals surface area contributed by atoms with Gasteiger partial charge in [-0.3, -0.25) is 4.84 Å². The van der Waals surface area contributed by atoms with Crippen LogP contribution in [0.2, 0.25) is 0 Å². The van der Waals surface area contributed by atoms with Crippen molar-refractivity contribution in [2.45, 2.75) is 58.3 Å². The second-order valence-corrected chi connectivity index (χ2v) is 5.59. The van der Waals surface area contributed by atoms with E-state index in [1.54, 1.807) is 0 Å². The Labute approximate surface area is 123 Å². The second kappa shape index (κ2) is 10.9. The van der Waals surface area contributed by atoms with E-state index in [-0.39, 0.29) is 0 Å². The van der Waals surface area contributed by atoms with Crippen LogP contribution in [0.15, 0.2) is 0 Å². The molecule has 1 aliphatic rings. The molecule has 2 amide bonds. The van der Waals surface area contributed by atoms with Crippen molar-refractivity contribution in [2.75, 3.05) is 32.8 Å².